The third-order valence-electron chi connectivity index (χ3n) is 2.76. The van der Waals surface area contributed by atoms with Crippen molar-refractivity contribution in [1.82, 2.24) is 10.9 Å². The Balaban J connectivity index is 1.80. The number of thiophene rings is 1. The van der Waals surface area contributed by atoms with E-state index >= 15 is 0 Å². The van der Waals surface area contributed by atoms with Gasteiger partial charge in [-0.25, -0.2) is 0 Å². The third-order valence-corrected chi connectivity index (χ3v) is 3.63. The quantitative estimate of drug-likeness (QED) is 0.851. The highest BCUT2D eigenvalue weighted by atomic mass is 32.1. The largest absolute Gasteiger partial charge is 0.483 e. The fourth-order valence-corrected chi connectivity index (χ4v) is 2.26. The lowest BCUT2D eigenvalue weighted by Crippen LogP contribution is -2.43. The number of ether oxygens (including phenoxy) is 1. The summed E-state index contributed by atoms with van der Waals surface area (Å²) in [6.45, 7) is 3.70. The van der Waals surface area contributed by atoms with Gasteiger partial charge in [-0.1, -0.05) is 18.2 Å². The van der Waals surface area contributed by atoms with Crippen molar-refractivity contribution in [2.45, 2.75) is 13.8 Å². The molecule has 0 aliphatic rings. The Morgan fingerprint density at radius 3 is 2.71 bits per heavy atom. The summed E-state index contributed by atoms with van der Waals surface area (Å²) >= 11 is 1.30. The molecule has 0 unspecified atom stereocenters. The molecule has 1 aromatic carbocycles. The maximum absolute atomic E-state index is 11.6. The number of carbonyl (C=O) groups excluding carboxylic acids is 2. The molecule has 0 atom stereocenters. The van der Waals surface area contributed by atoms with Crippen LogP contribution in [0.15, 0.2) is 35.7 Å². The molecule has 2 N–H and O–H groups in total. The van der Waals surface area contributed by atoms with Crippen LogP contribution in [0.25, 0.3) is 0 Å². The van der Waals surface area contributed by atoms with Crippen LogP contribution in [0.1, 0.15) is 20.8 Å². The van der Waals surface area contributed by atoms with Gasteiger partial charge >= 0.3 is 0 Å². The van der Waals surface area contributed by atoms with E-state index < -0.39 is 5.91 Å². The molecule has 0 aliphatic carbocycles. The van der Waals surface area contributed by atoms with Crippen LogP contribution in [-0.4, -0.2) is 18.4 Å². The minimum absolute atomic E-state index is 0.158. The Bertz CT molecular complexity index is 638. The van der Waals surface area contributed by atoms with Crippen molar-refractivity contribution >= 4 is 23.2 Å². The number of hydrogen-bond donors (Lipinski definition) is 2. The van der Waals surface area contributed by atoms with Gasteiger partial charge in [-0.15, -0.1) is 11.3 Å². The van der Waals surface area contributed by atoms with Crippen LogP contribution in [0.4, 0.5) is 0 Å². The van der Waals surface area contributed by atoms with Crippen molar-refractivity contribution in [3.8, 4) is 5.75 Å². The molecule has 2 aromatic rings. The van der Waals surface area contributed by atoms with Crippen molar-refractivity contribution in [2.75, 3.05) is 6.61 Å². The van der Waals surface area contributed by atoms with Gasteiger partial charge in [0.2, 0.25) is 0 Å². The van der Waals surface area contributed by atoms with Gasteiger partial charge in [0.15, 0.2) is 6.61 Å². The van der Waals surface area contributed by atoms with Crippen LogP contribution < -0.4 is 15.6 Å². The predicted molar refractivity (Wildman–Crippen MR) is 81.3 cm³/mol. The van der Waals surface area contributed by atoms with E-state index in [0.29, 0.717) is 10.6 Å². The van der Waals surface area contributed by atoms with Gasteiger partial charge in [0.05, 0.1) is 4.88 Å². The highest BCUT2D eigenvalue weighted by Gasteiger charge is 2.09. The molecular formula is C15H16N2O3S. The van der Waals surface area contributed by atoms with E-state index in [1.807, 2.05) is 32.0 Å². The van der Waals surface area contributed by atoms with Crippen LogP contribution in [0, 0.1) is 13.8 Å². The van der Waals surface area contributed by atoms with Crippen molar-refractivity contribution in [1.29, 1.82) is 0 Å². The van der Waals surface area contributed by atoms with Crippen molar-refractivity contribution in [2.24, 2.45) is 0 Å². The molecule has 0 aliphatic heterocycles. The van der Waals surface area contributed by atoms with Gasteiger partial charge < -0.3 is 4.74 Å². The van der Waals surface area contributed by atoms with Gasteiger partial charge in [0.1, 0.15) is 5.75 Å². The second kappa shape index (κ2) is 6.90. The topological polar surface area (TPSA) is 67.4 Å². The average molecular weight is 304 g/mol. The summed E-state index contributed by atoms with van der Waals surface area (Å²) in [6.07, 6.45) is 0. The summed E-state index contributed by atoms with van der Waals surface area (Å²) in [5, 5.41) is 1.79. The smallest absolute Gasteiger partial charge is 0.279 e. The summed E-state index contributed by atoms with van der Waals surface area (Å²) in [4.78, 5) is 23.8. The van der Waals surface area contributed by atoms with Crippen LogP contribution >= 0.6 is 11.3 Å². The lowest BCUT2D eigenvalue weighted by atomic mass is 10.1. The van der Waals surface area contributed by atoms with E-state index in [1.54, 1.807) is 17.5 Å². The van der Waals surface area contributed by atoms with Crippen LogP contribution in [0.3, 0.4) is 0 Å². The van der Waals surface area contributed by atoms with Gasteiger partial charge in [-0.3, -0.25) is 20.4 Å². The van der Waals surface area contributed by atoms with E-state index in [4.69, 9.17) is 4.74 Å². The van der Waals surface area contributed by atoms with Crippen LogP contribution in [0.2, 0.25) is 0 Å². The maximum atomic E-state index is 11.6. The Kier molecular flexibility index (Phi) is 4.94. The molecule has 0 radical (unpaired) electrons. The molecule has 1 heterocycles. The standard InChI is InChI=1S/C15H16N2O3S/c1-10-5-6-11(2)12(8-10)20-9-14(18)16-17-15(19)13-4-3-7-21-13/h3-8H,9H2,1-2H3,(H,16,18)(H,17,19). The molecule has 6 heteroatoms. The number of rotatable bonds is 4. The fourth-order valence-electron chi connectivity index (χ4n) is 1.64. The minimum Gasteiger partial charge on any atom is -0.483 e. The van der Waals surface area contributed by atoms with Gasteiger partial charge in [-0.2, -0.15) is 0 Å². The molecule has 0 spiro atoms. The summed E-state index contributed by atoms with van der Waals surface area (Å²) < 4.78 is 5.44. The van der Waals surface area contributed by atoms with Crippen molar-refractivity contribution < 1.29 is 14.3 Å². The minimum atomic E-state index is -0.416. The summed E-state index contributed by atoms with van der Waals surface area (Å²) in [5.41, 5.74) is 6.67. The first-order chi connectivity index (χ1) is 10.1. The number of carbonyl (C=O) groups is 2. The first kappa shape index (κ1) is 15.1. The number of aryl methyl sites for hydroxylation is 2. The Morgan fingerprint density at radius 2 is 2.00 bits per heavy atom. The van der Waals surface area contributed by atoms with E-state index in [0.717, 1.165) is 11.1 Å². The number of benzene rings is 1. The second-order valence-corrected chi connectivity index (χ2v) is 5.48. The molecule has 0 fully saturated rings. The Morgan fingerprint density at radius 1 is 1.19 bits per heavy atom. The SMILES string of the molecule is Cc1ccc(C)c(OCC(=O)NNC(=O)c2cccs2)c1. The van der Waals surface area contributed by atoms with E-state index in [2.05, 4.69) is 10.9 Å². The molecule has 0 bridgehead atoms. The predicted octanol–water partition coefficient (Wildman–Crippen LogP) is 2.20. The molecule has 2 amide bonds. The number of hydrogen-bond acceptors (Lipinski definition) is 4. The summed E-state index contributed by atoms with van der Waals surface area (Å²) in [6, 6.07) is 9.22. The molecule has 1 aromatic heterocycles. The molecular weight excluding hydrogens is 288 g/mol. The van der Waals surface area contributed by atoms with E-state index in [-0.39, 0.29) is 12.5 Å². The van der Waals surface area contributed by atoms with Crippen molar-refractivity contribution in [3.63, 3.8) is 0 Å². The van der Waals surface area contributed by atoms with Crippen molar-refractivity contribution in [3.05, 3.63) is 51.7 Å². The number of hydrazine groups is 1. The molecule has 0 saturated heterocycles. The zero-order valence-corrected chi connectivity index (χ0v) is 12.6. The number of amides is 2. The average Bonchev–Trinajstić information content (AvgIpc) is 3.00. The summed E-state index contributed by atoms with van der Waals surface area (Å²) in [5.74, 6) is -0.0966. The van der Waals surface area contributed by atoms with Gasteiger partial charge in [0, 0.05) is 0 Å². The van der Waals surface area contributed by atoms with Crippen LogP contribution in [0.5, 0.6) is 5.75 Å². The monoisotopic (exact) mass is 304 g/mol. The Hall–Kier alpha value is -2.34. The molecule has 5 nitrogen and oxygen atoms in total. The van der Waals surface area contributed by atoms with E-state index in [1.165, 1.54) is 11.3 Å². The molecule has 21 heavy (non-hydrogen) atoms. The highest BCUT2D eigenvalue weighted by molar-refractivity contribution is 7.12. The molecule has 110 valence electrons. The van der Waals surface area contributed by atoms with Gasteiger partial charge in [-0.05, 0) is 42.5 Å². The molecule has 2 rings (SSSR count). The maximum Gasteiger partial charge on any atom is 0.279 e. The van der Waals surface area contributed by atoms with Gasteiger partial charge in [0.25, 0.3) is 11.8 Å². The zero-order chi connectivity index (χ0) is 15.2. The van der Waals surface area contributed by atoms with Crippen LogP contribution in [-0.2, 0) is 4.79 Å². The fraction of sp³-hybridized carbons (Fsp3) is 0.200. The normalized spacial score (nSPS) is 10.0. The van der Waals surface area contributed by atoms with E-state index in [9.17, 15) is 9.59 Å². The third kappa shape index (κ3) is 4.32. The first-order valence-corrected chi connectivity index (χ1v) is 7.27. The second-order valence-electron chi connectivity index (χ2n) is 4.54. The Labute approximate surface area is 126 Å². The lowest BCUT2D eigenvalue weighted by Gasteiger charge is -2.10. The zero-order valence-electron chi connectivity index (χ0n) is 11.8. The number of nitrogens with one attached hydrogen (secondary N) is 2. The summed E-state index contributed by atoms with van der Waals surface area (Å²) in [7, 11) is 0. The first-order valence-electron chi connectivity index (χ1n) is 6.39. The lowest BCUT2D eigenvalue weighted by molar-refractivity contribution is -0.123. The molecule has 0 saturated carbocycles. The highest BCUT2D eigenvalue weighted by Crippen LogP contribution is 2.18.